The van der Waals surface area contributed by atoms with Crippen molar-refractivity contribution in [2.24, 2.45) is 0 Å². The van der Waals surface area contributed by atoms with Gasteiger partial charge in [0.1, 0.15) is 22.6 Å². The largest absolute Gasteiger partial charge is 0.456 e. The Morgan fingerprint density at radius 2 is 1.48 bits per heavy atom. The van der Waals surface area contributed by atoms with E-state index in [1.165, 1.54) is 16.1 Å². The molecule has 254 valence electrons. The van der Waals surface area contributed by atoms with E-state index in [1.807, 2.05) is 30.3 Å². The van der Waals surface area contributed by atoms with Gasteiger partial charge in [0.05, 0.1) is 30.4 Å². The second-order valence-corrected chi connectivity index (χ2v) is 20.9. The molecule has 6 heteroatoms. The second-order valence-electron chi connectivity index (χ2n) is 15.4. The molecule has 0 saturated carbocycles. The summed E-state index contributed by atoms with van der Waals surface area (Å²) in [6, 6.07) is 27.0. The van der Waals surface area contributed by atoms with Gasteiger partial charge in [0.2, 0.25) is 5.71 Å². The Balaban J connectivity index is 1.46. The third kappa shape index (κ3) is 4.71. The number of nitrogens with zero attached hydrogens (tertiary/aromatic N) is 3. The highest BCUT2D eigenvalue weighted by molar-refractivity contribution is 6.93. The van der Waals surface area contributed by atoms with Gasteiger partial charge < -0.3 is 8.83 Å². The van der Waals surface area contributed by atoms with E-state index in [1.54, 1.807) is 12.1 Å². The summed E-state index contributed by atoms with van der Waals surface area (Å²) in [7, 11) is -1.80. The first-order chi connectivity index (χ1) is 25.1. The number of hydrogen-bond donors (Lipinski definition) is 0. The quantitative estimate of drug-likeness (QED) is 0.157. The lowest BCUT2D eigenvalue weighted by atomic mass is 9.89. The van der Waals surface area contributed by atoms with Crippen LogP contribution in [0.25, 0.3) is 72.1 Å². The molecule has 8 aromatic rings. The van der Waals surface area contributed by atoms with Crippen LogP contribution in [0.15, 0.2) is 87.7 Å². The third-order valence-corrected chi connectivity index (χ3v) is 17.8. The molecule has 0 spiro atoms. The van der Waals surface area contributed by atoms with Crippen LogP contribution >= 0.6 is 0 Å². The van der Waals surface area contributed by atoms with Gasteiger partial charge in [-0.1, -0.05) is 104 Å². The highest BCUT2D eigenvalue weighted by Gasteiger charge is 2.37. The molecule has 50 heavy (non-hydrogen) atoms. The van der Waals surface area contributed by atoms with Gasteiger partial charge in [0, 0.05) is 36.9 Å². The van der Waals surface area contributed by atoms with Crippen LogP contribution in [0, 0.1) is 6.85 Å². The summed E-state index contributed by atoms with van der Waals surface area (Å²) in [5.41, 5.74) is 10.0. The molecule has 0 amide bonds. The fourth-order valence-corrected chi connectivity index (χ4v) is 11.7. The summed E-state index contributed by atoms with van der Waals surface area (Å²) >= 11 is 0. The molecule has 0 atom stereocenters. The maximum absolute atomic E-state index is 7.93. The number of benzene rings is 4. The molecule has 0 aliphatic carbocycles. The van der Waals surface area contributed by atoms with Crippen LogP contribution in [0.2, 0.25) is 17.6 Å². The maximum Gasteiger partial charge on any atom is 0.227 e. The van der Waals surface area contributed by atoms with E-state index in [4.69, 9.17) is 17.9 Å². The number of para-hydroxylation sites is 3. The van der Waals surface area contributed by atoms with Gasteiger partial charge in [0.25, 0.3) is 0 Å². The molecule has 0 radical (unpaired) electrons. The molecule has 0 aliphatic rings. The van der Waals surface area contributed by atoms with Crippen LogP contribution < -0.4 is 5.19 Å². The molecule has 4 heterocycles. The Bertz CT molecular complexity index is 2700. The normalized spacial score (nSPS) is 14.1. The minimum Gasteiger partial charge on any atom is -0.456 e. The SMILES string of the molecule is [2H]C([2H])([2H])c1ccc2c(n1)oc1c(-c3nc4ccccc4n3-c3c(C(C)C)cc4c(oc5ccc([Si](C)(C(C)C)C(C)C)cc54)c3C(C)C)cccc12. The predicted molar refractivity (Wildman–Crippen MR) is 213 cm³/mol. The number of imidazole rings is 1. The number of furan rings is 2. The van der Waals surface area contributed by atoms with Gasteiger partial charge in [0.15, 0.2) is 0 Å². The highest BCUT2D eigenvalue weighted by Crippen LogP contribution is 2.45. The zero-order valence-electron chi connectivity index (χ0n) is 33.5. The van der Waals surface area contributed by atoms with Crippen molar-refractivity contribution in [1.82, 2.24) is 14.5 Å². The molecule has 0 bridgehead atoms. The van der Waals surface area contributed by atoms with E-state index in [0.717, 1.165) is 61.0 Å². The van der Waals surface area contributed by atoms with Crippen molar-refractivity contribution in [1.29, 1.82) is 0 Å². The smallest absolute Gasteiger partial charge is 0.227 e. The molecule has 0 aliphatic heterocycles. The van der Waals surface area contributed by atoms with Crippen LogP contribution in [0.5, 0.6) is 0 Å². The second kappa shape index (κ2) is 11.7. The summed E-state index contributed by atoms with van der Waals surface area (Å²) < 4.78 is 39.5. The molecular formula is C44H47N3O2Si. The number of hydrogen-bond acceptors (Lipinski definition) is 4. The molecular weight excluding hydrogens is 631 g/mol. The van der Waals surface area contributed by atoms with Crippen molar-refractivity contribution in [2.45, 2.75) is 91.7 Å². The maximum atomic E-state index is 7.93. The molecule has 0 saturated heterocycles. The average molecular weight is 681 g/mol. The van der Waals surface area contributed by atoms with Gasteiger partial charge in [-0.2, -0.15) is 0 Å². The molecule has 8 rings (SSSR count). The van der Waals surface area contributed by atoms with E-state index in [9.17, 15) is 0 Å². The Morgan fingerprint density at radius 1 is 0.700 bits per heavy atom. The van der Waals surface area contributed by atoms with Crippen LogP contribution in [0.1, 0.15) is 88.2 Å². The summed E-state index contributed by atoms with van der Waals surface area (Å²) in [6.07, 6.45) is 0. The number of rotatable bonds is 7. The van der Waals surface area contributed by atoms with Crippen LogP contribution in [-0.4, -0.2) is 22.6 Å². The van der Waals surface area contributed by atoms with Crippen molar-refractivity contribution >= 4 is 68.3 Å². The van der Waals surface area contributed by atoms with Gasteiger partial charge in [-0.3, -0.25) is 4.57 Å². The van der Waals surface area contributed by atoms with Crippen LogP contribution in [0.4, 0.5) is 0 Å². The minimum atomic E-state index is -2.34. The van der Waals surface area contributed by atoms with Gasteiger partial charge in [-0.15, -0.1) is 0 Å². The summed E-state index contributed by atoms with van der Waals surface area (Å²) in [4.78, 5) is 9.74. The lowest BCUT2D eigenvalue weighted by Crippen LogP contribution is -2.50. The Kier molecular flexibility index (Phi) is 6.80. The van der Waals surface area contributed by atoms with Crippen molar-refractivity contribution in [3.8, 4) is 17.1 Å². The summed E-state index contributed by atoms with van der Waals surface area (Å²) in [5, 5.41) is 5.43. The average Bonchev–Trinajstić information content (AvgIpc) is 3.80. The Labute approximate surface area is 299 Å². The van der Waals surface area contributed by atoms with E-state index >= 15 is 0 Å². The number of aromatic nitrogens is 3. The van der Waals surface area contributed by atoms with Crippen molar-refractivity contribution in [3.05, 3.63) is 95.7 Å². The lowest BCUT2D eigenvalue weighted by molar-refractivity contribution is 0.653. The standard InChI is InChI=1S/C44H47N3O2Si/c1-24(2)33-23-35-34-22-29(50(10,26(5)6)27(7)8)19-21-38(34)48-42(35)39(25(3)4)40(33)47-37-17-12-11-16-36(37)46-43(47)32-15-13-14-30-31-20-18-28(9)45-44(31)49-41(30)32/h11-27H,1-10H3/i9D3. The number of aryl methyl sites for hydroxylation is 1. The zero-order valence-corrected chi connectivity index (χ0v) is 31.5. The fraction of sp³-hybridized carbons (Fsp3) is 0.318. The molecule has 4 aromatic heterocycles. The van der Waals surface area contributed by atoms with Gasteiger partial charge >= 0.3 is 0 Å². The van der Waals surface area contributed by atoms with Gasteiger partial charge in [-0.05, 0) is 77.8 Å². The number of fused-ring (bicyclic) bond motifs is 7. The van der Waals surface area contributed by atoms with Crippen molar-refractivity contribution in [2.75, 3.05) is 0 Å². The molecule has 5 nitrogen and oxygen atoms in total. The zero-order chi connectivity index (χ0) is 37.7. The first kappa shape index (κ1) is 29.1. The van der Waals surface area contributed by atoms with Gasteiger partial charge in [-0.25, -0.2) is 9.97 Å². The van der Waals surface area contributed by atoms with Crippen molar-refractivity contribution < 1.29 is 12.9 Å². The minimum absolute atomic E-state index is 0.00707. The summed E-state index contributed by atoms with van der Waals surface area (Å²) in [5.74, 6) is 1.05. The summed E-state index contributed by atoms with van der Waals surface area (Å²) in [6.45, 7) is 18.7. The first-order valence-electron chi connectivity index (χ1n) is 19.5. The predicted octanol–water partition coefficient (Wildman–Crippen LogP) is 12.5. The van der Waals surface area contributed by atoms with E-state index in [2.05, 4.69) is 108 Å². The molecule has 4 aromatic carbocycles. The van der Waals surface area contributed by atoms with Crippen LogP contribution in [0.3, 0.4) is 0 Å². The highest BCUT2D eigenvalue weighted by atomic mass is 28.3. The van der Waals surface area contributed by atoms with Crippen LogP contribution in [-0.2, 0) is 0 Å². The third-order valence-electron chi connectivity index (χ3n) is 11.4. The Morgan fingerprint density at radius 3 is 2.20 bits per heavy atom. The Hall–Kier alpha value is -4.68. The molecule has 0 unspecified atom stereocenters. The van der Waals surface area contributed by atoms with E-state index < -0.39 is 14.9 Å². The molecule has 0 fully saturated rings. The topological polar surface area (TPSA) is 57.0 Å². The van der Waals surface area contributed by atoms with E-state index in [-0.39, 0.29) is 17.5 Å². The number of pyridine rings is 1. The van der Waals surface area contributed by atoms with E-state index in [0.29, 0.717) is 22.4 Å². The molecule has 0 N–H and O–H groups in total. The monoisotopic (exact) mass is 680 g/mol. The lowest BCUT2D eigenvalue weighted by Gasteiger charge is -2.36. The first-order valence-corrected chi connectivity index (χ1v) is 20.6. The fourth-order valence-electron chi connectivity index (χ4n) is 8.13. The van der Waals surface area contributed by atoms with Crippen molar-refractivity contribution in [3.63, 3.8) is 0 Å².